The van der Waals surface area contributed by atoms with Crippen LogP contribution in [0.25, 0.3) is 0 Å². The number of halogens is 3. The lowest BCUT2D eigenvalue weighted by Gasteiger charge is -2.21. The van der Waals surface area contributed by atoms with Gasteiger partial charge in [0.05, 0.1) is 0 Å². The predicted molar refractivity (Wildman–Crippen MR) is 133 cm³/mol. The van der Waals surface area contributed by atoms with Crippen LogP contribution in [0.2, 0.25) is 5.02 Å². The van der Waals surface area contributed by atoms with Crippen LogP contribution in [-0.4, -0.2) is 9.57 Å². The fraction of sp³-hybridized carbons (Fsp3) is 0.174. The van der Waals surface area contributed by atoms with Crippen molar-refractivity contribution >= 4 is 64.0 Å². The summed E-state index contributed by atoms with van der Waals surface area (Å²) >= 11 is 19.4. The van der Waals surface area contributed by atoms with E-state index in [1.165, 1.54) is 0 Å². The monoisotopic (exact) mass is 494 g/mol. The average Bonchev–Trinajstić information content (AvgIpc) is 2.71. The fourth-order valence-electron chi connectivity index (χ4n) is 2.99. The molecular formula is C23H21Cl3N2O2S. The third-order valence-electron chi connectivity index (χ3n) is 4.36. The Morgan fingerprint density at radius 2 is 1.58 bits per heavy atom. The molecular weight excluding hydrogens is 475 g/mol. The molecule has 0 aliphatic rings. The minimum Gasteiger partial charge on any atom is -0.457 e. The minimum atomic E-state index is -1.75. The lowest BCUT2D eigenvalue weighted by Crippen LogP contribution is -2.31. The number of carbonyl (C=O) groups is 1. The van der Waals surface area contributed by atoms with Crippen LogP contribution >= 0.6 is 46.8 Å². The highest BCUT2D eigenvalue weighted by Crippen LogP contribution is 2.38. The summed E-state index contributed by atoms with van der Waals surface area (Å²) in [6, 6.07) is 18.3. The molecule has 0 atom stereocenters. The normalized spacial score (nSPS) is 11.2. The molecule has 0 bridgehead atoms. The van der Waals surface area contributed by atoms with Gasteiger partial charge >= 0.3 is 0 Å². The lowest BCUT2D eigenvalue weighted by atomic mass is 10.1. The molecule has 3 rings (SSSR count). The van der Waals surface area contributed by atoms with Gasteiger partial charge in [-0.3, -0.25) is 4.79 Å². The molecule has 4 nitrogen and oxygen atoms in total. The first-order valence-electron chi connectivity index (χ1n) is 9.39. The van der Waals surface area contributed by atoms with E-state index in [-0.39, 0.29) is 0 Å². The molecule has 2 N–H and O–H groups in total. The zero-order valence-corrected chi connectivity index (χ0v) is 20.2. The number of alkyl halides is 2. The Morgan fingerprint density at radius 3 is 2.23 bits per heavy atom. The van der Waals surface area contributed by atoms with Crippen molar-refractivity contribution in [1.29, 1.82) is 0 Å². The molecule has 162 valence electrons. The van der Waals surface area contributed by atoms with E-state index in [1.807, 2.05) is 51.1 Å². The Labute approximate surface area is 201 Å². The molecule has 0 fully saturated rings. The Kier molecular flexibility index (Phi) is 7.65. The molecule has 3 aromatic carbocycles. The number of anilines is 2. The summed E-state index contributed by atoms with van der Waals surface area (Å²) in [6.07, 6.45) is 0. The Morgan fingerprint density at radius 1 is 0.935 bits per heavy atom. The van der Waals surface area contributed by atoms with Crippen molar-refractivity contribution in [3.05, 3.63) is 82.4 Å². The van der Waals surface area contributed by atoms with Crippen LogP contribution in [0.4, 0.5) is 11.4 Å². The van der Waals surface area contributed by atoms with E-state index in [9.17, 15) is 4.79 Å². The largest absolute Gasteiger partial charge is 0.457 e. The van der Waals surface area contributed by atoms with Gasteiger partial charge in [0, 0.05) is 22.5 Å². The van der Waals surface area contributed by atoms with Crippen LogP contribution in [-0.2, 0) is 4.79 Å². The van der Waals surface area contributed by atoms with Crippen molar-refractivity contribution in [2.45, 2.75) is 24.4 Å². The first-order valence-corrected chi connectivity index (χ1v) is 11.3. The Balaban J connectivity index is 1.64. The maximum Gasteiger partial charge on any atom is 0.273 e. The SMILES string of the molecule is Cc1cc(C)c(NC(=O)C(Cl)(Cl)SNc2cccc(Oc3ccc(Cl)cc3)c2)c(C)c1. The van der Waals surface area contributed by atoms with Gasteiger partial charge in [0.1, 0.15) is 11.5 Å². The summed E-state index contributed by atoms with van der Waals surface area (Å²) in [6.45, 7) is 5.86. The molecule has 0 heterocycles. The van der Waals surface area contributed by atoms with Gasteiger partial charge in [0.15, 0.2) is 0 Å². The van der Waals surface area contributed by atoms with E-state index in [2.05, 4.69) is 10.0 Å². The quantitative estimate of drug-likeness (QED) is 0.258. The van der Waals surface area contributed by atoms with E-state index in [4.69, 9.17) is 39.5 Å². The summed E-state index contributed by atoms with van der Waals surface area (Å²) in [5, 5.41) is 3.47. The molecule has 3 aromatic rings. The van der Waals surface area contributed by atoms with Gasteiger partial charge < -0.3 is 14.8 Å². The molecule has 0 radical (unpaired) electrons. The highest BCUT2D eigenvalue weighted by Gasteiger charge is 2.36. The number of carbonyl (C=O) groups excluding carboxylic acids is 1. The second-order valence-corrected chi connectivity index (χ2v) is 10.3. The summed E-state index contributed by atoms with van der Waals surface area (Å²) in [5.74, 6) is 0.733. The molecule has 0 unspecified atom stereocenters. The summed E-state index contributed by atoms with van der Waals surface area (Å²) in [5.41, 5.74) is 4.39. The maximum absolute atomic E-state index is 12.7. The molecule has 0 saturated carbocycles. The molecule has 8 heteroatoms. The Bertz CT molecular complexity index is 1070. The van der Waals surface area contributed by atoms with Crippen molar-refractivity contribution in [3.63, 3.8) is 0 Å². The number of nitrogens with one attached hydrogen (secondary N) is 2. The lowest BCUT2D eigenvalue weighted by molar-refractivity contribution is -0.115. The zero-order chi connectivity index (χ0) is 22.6. The number of ether oxygens (including phenoxy) is 1. The topological polar surface area (TPSA) is 50.4 Å². The van der Waals surface area contributed by atoms with Crippen molar-refractivity contribution < 1.29 is 9.53 Å². The second-order valence-electron chi connectivity index (χ2n) is 7.03. The van der Waals surface area contributed by atoms with Gasteiger partial charge in [-0.25, -0.2) is 0 Å². The van der Waals surface area contributed by atoms with Gasteiger partial charge in [-0.2, -0.15) is 0 Å². The number of benzene rings is 3. The standard InChI is InChI=1S/C23H21Cl3N2O2S/c1-14-11-15(2)21(16(3)12-14)27-22(29)23(25,26)31-28-18-5-4-6-20(13-18)30-19-9-7-17(24)8-10-19/h4-13,28H,1-3H3,(H,27,29). The zero-order valence-electron chi connectivity index (χ0n) is 17.1. The van der Waals surface area contributed by atoms with Crippen LogP contribution in [0.5, 0.6) is 11.5 Å². The van der Waals surface area contributed by atoms with Gasteiger partial charge in [0.25, 0.3) is 9.57 Å². The molecule has 0 saturated heterocycles. The van der Waals surface area contributed by atoms with Gasteiger partial charge in [0.2, 0.25) is 0 Å². The van der Waals surface area contributed by atoms with Crippen LogP contribution in [0.1, 0.15) is 16.7 Å². The number of hydrogen-bond donors (Lipinski definition) is 2. The summed E-state index contributed by atoms with van der Waals surface area (Å²) in [4.78, 5) is 12.7. The summed E-state index contributed by atoms with van der Waals surface area (Å²) < 4.78 is 7.08. The van der Waals surface area contributed by atoms with E-state index < -0.39 is 9.57 Å². The number of amides is 1. The first kappa shape index (κ1) is 23.6. The maximum atomic E-state index is 12.7. The number of aryl methyl sites for hydroxylation is 3. The van der Waals surface area contributed by atoms with E-state index in [0.717, 1.165) is 28.6 Å². The smallest absolute Gasteiger partial charge is 0.273 e. The van der Waals surface area contributed by atoms with E-state index in [1.54, 1.807) is 30.3 Å². The van der Waals surface area contributed by atoms with Crippen molar-refractivity contribution in [1.82, 2.24) is 0 Å². The molecule has 0 aliphatic carbocycles. The average molecular weight is 496 g/mol. The minimum absolute atomic E-state index is 0.531. The van der Waals surface area contributed by atoms with Crippen LogP contribution in [0, 0.1) is 20.8 Å². The van der Waals surface area contributed by atoms with Crippen LogP contribution in [0.15, 0.2) is 60.7 Å². The molecule has 0 spiro atoms. The third-order valence-corrected chi connectivity index (χ3v) is 6.20. The number of hydrogen-bond acceptors (Lipinski definition) is 4. The first-order chi connectivity index (χ1) is 14.6. The van der Waals surface area contributed by atoms with Crippen molar-refractivity contribution in [3.8, 4) is 11.5 Å². The van der Waals surface area contributed by atoms with Crippen LogP contribution < -0.4 is 14.8 Å². The molecule has 0 aliphatic heterocycles. The fourth-order valence-corrected chi connectivity index (χ4v) is 3.96. The molecule has 0 aromatic heterocycles. The van der Waals surface area contributed by atoms with E-state index >= 15 is 0 Å². The third kappa shape index (κ3) is 6.47. The molecule has 1 amide bonds. The number of rotatable bonds is 7. The van der Waals surface area contributed by atoms with Gasteiger partial charge in [-0.1, -0.05) is 58.6 Å². The Hall–Kier alpha value is -2.05. The van der Waals surface area contributed by atoms with Crippen molar-refractivity contribution in [2.75, 3.05) is 10.0 Å². The van der Waals surface area contributed by atoms with E-state index in [0.29, 0.717) is 27.9 Å². The van der Waals surface area contributed by atoms with Gasteiger partial charge in [-0.15, -0.1) is 0 Å². The second kappa shape index (κ2) is 10.0. The predicted octanol–water partition coefficient (Wildman–Crippen LogP) is 7.89. The summed E-state index contributed by atoms with van der Waals surface area (Å²) in [7, 11) is 0. The van der Waals surface area contributed by atoms with Gasteiger partial charge in [-0.05, 0) is 80.2 Å². The molecule has 31 heavy (non-hydrogen) atoms. The highest BCUT2D eigenvalue weighted by atomic mass is 35.5. The highest BCUT2D eigenvalue weighted by molar-refractivity contribution is 8.05. The van der Waals surface area contributed by atoms with Crippen molar-refractivity contribution in [2.24, 2.45) is 0 Å². The van der Waals surface area contributed by atoms with Crippen LogP contribution in [0.3, 0.4) is 0 Å².